The van der Waals surface area contributed by atoms with Crippen molar-refractivity contribution < 1.29 is 17.6 Å². The van der Waals surface area contributed by atoms with Crippen LogP contribution in [0, 0.1) is 12.7 Å². The minimum Gasteiger partial charge on any atom is -0.349 e. The topological polar surface area (TPSA) is 78.8 Å². The molecule has 25 heavy (non-hydrogen) atoms. The molecule has 0 saturated heterocycles. The van der Waals surface area contributed by atoms with E-state index in [1.54, 1.807) is 38.2 Å². The molecule has 0 radical (unpaired) electrons. The van der Waals surface area contributed by atoms with Crippen molar-refractivity contribution >= 4 is 27.5 Å². The number of rotatable bonds is 3. The highest BCUT2D eigenvalue weighted by Crippen LogP contribution is 2.26. The third-order valence-electron chi connectivity index (χ3n) is 3.83. The van der Waals surface area contributed by atoms with Crippen molar-refractivity contribution in [2.24, 2.45) is 4.40 Å². The van der Waals surface area contributed by atoms with Crippen LogP contribution in [0.2, 0.25) is 0 Å². The van der Waals surface area contributed by atoms with E-state index in [0.29, 0.717) is 11.3 Å². The molecule has 8 heteroatoms. The van der Waals surface area contributed by atoms with E-state index in [1.807, 2.05) is 0 Å². The van der Waals surface area contributed by atoms with Crippen LogP contribution in [0.5, 0.6) is 0 Å². The highest BCUT2D eigenvalue weighted by atomic mass is 32.2. The predicted octanol–water partition coefficient (Wildman–Crippen LogP) is 2.15. The number of fused-ring (bicyclic) bond motifs is 1. The van der Waals surface area contributed by atoms with Crippen molar-refractivity contribution in [3.63, 3.8) is 0 Å². The fourth-order valence-electron chi connectivity index (χ4n) is 2.57. The zero-order valence-electron chi connectivity index (χ0n) is 13.7. The Morgan fingerprint density at radius 2 is 1.96 bits per heavy atom. The molecule has 1 aliphatic heterocycles. The van der Waals surface area contributed by atoms with Crippen molar-refractivity contribution in [2.45, 2.75) is 11.8 Å². The van der Waals surface area contributed by atoms with Gasteiger partial charge in [-0.25, -0.2) is 4.39 Å². The van der Waals surface area contributed by atoms with E-state index in [2.05, 4.69) is 9.71 Å². The van der Waals surface area contributed by atoms with Gasteiger partial charge in [0.05, 0.1) is 6.54 Å². The number of nitrogens with one attached hydrogen (secondary N) is 1. The average molecular weight is 361 g/mol. The van der Waals surface area contributed by atoms with Crippen molar-refractivity contribution in [2.75, 3.05) is 18.9 Å². The molecule has 0 fully saturated rings. The van der Waals surface area contributed by atoms with Gasteiger partial charge in [-0.05, 0) is 36.8 Å². The molecule has 0 unspecified atom stereocenters. The van der Waals surface area contributed by atoms with E-state index in [1.165, 1.54) is 23.1 Å². The van der Waals surface area contributed by atoms with Crippen LogP contribution in [-0.2, 0) is 14.8 Å². The summed E-state index contributed by atoms with van der Waals surface area (Å²) in [5.41, 5.74) is 1.56. The number of hydrogen-bond donors (Lipinski definition) is 1. The molecule has 0 bridgehead atoms. The Kier molecular flexibility index (Phi) is 4.30. The summed E-state index contributed by atoms with van der Waals surface area (Å²) < 4.78 is 41.2. The molecule has 6 nitrogen and oxygen atoms in total. The van der Waals surface area contributed by atoms with E-state index in [-0.39, 0.29) is 17.3 Å². The Morgan fingerprint density at radius 1 is 1.24 bits per heavy atom. The molecule has 0 atom stereocenters. The number of amides is 1. The standard InChI is InChI=1S/C17H16FN3O3S/c1-11-7-8-12(18)9-14(11)19-16(22)10-21(2)17-13-5-3-4-6-15(13)25(23,24)20-17/h3-9H,10H2,1-2H3,(H,19,22). The first kappa shape index (κ1) is 17.1. The third kappa shape index (κ3) is 3.39. The van der Waals surface area contributed by atoms with Gasteiger partial charge in [-0.15, -0.1) is 4.40 Å². The normalized spacial score (nSPS) is 14.6. The van der Waals surface area contributed by atoms with E-state index in [9.17, 15) is 17.6 Å². The number of benzene rings is 2. The first-order chi connectivity index (χ1) is 11.8. The van der Waals surface area contributed by atoms with Crippen LogP contribution in [0.1, 0.15) is 11.1 Å². The van der Waals surface area contributed by atoms with Crippen LogP contribution < -0.4 is 5.32 Å². The zero-order valence-corrected chi connectivity index (χ0v) is 14.5. The van der Waals surface area contributed by atoms with Gasteiger partial charge in [0, 0.05) is 18.3 Å². The van der Waals surface area contributed by atoms with Crippen LogP contribution in [-0.4, -0.2) is 38.7 Å². The summed E-state index contributed by atoms with van der Waals surface area (Å²) >= 11 is 0. The summed E-state index contributed by atoms with van der Waals surface area (Å²) in [4.78, 5) is 13.8. The zero-order chi connectivity index (χ0) is 18.2. The second kappa shape index (κ2) is 6.29. The lowest BCUT2D eigenvalue weighted by atomic mass is 10.2. The van der Waals surface area contributed by atoms with Crippen LogP contribution in [0.15, 0.2) is 51.8 Å². The minimum atomic E-state index is -3.74. The summed E-state index contributed by atoms with van der Waals surface area (Å²) in [5, 5.41) is 2.63. The van der Waals surface area contributed by atoms with Crippen molar-refractivity contribution in [3.8, 4) is 0 Å². The second-order valence-electron chi connectivity index (χ2n) is 5.75. The van der Waals surface area contributed by atoms with Gasteiger partial charge in [-0.1, -0.05) is 18.2 Å². The van der Waals surface area contributed by atoms with Gasteiger partial charge in [-0.3, -0.25) is 4.79 Å². The highest BCUT2D eigenvalue weighted by Gasteiger charge is 2.30. The van der Waals surface area contributed by atoms with E-state index in [0.717, 1.165) is 5.56 Å². The maximum Gasteiger partial charge on any atom is 0.285 e. The summed E-state index contributed by atoms with van der Waals surface area (Å²) in [6.07, 6.45) is 0. The fourth-order valence-corrected chi connectivity index (χ4v) is 3.82. The summed E-state index contributed by atoms with van der Waals surface area (Å²) in [6.45, 7) is 1.63. The number of amidine groups is 1. The lowest BCUT2D eigenvalue weighted by Gasteiger charge is -2.19. The van der Waals surface area contributed by atoms with Gasteiger partial charge in [0.25, 0.3) is 10.0 Å². The number of aryl methyl sites for hydroxylation is 1. The van der Waals surface area contributed by atoms with Gasteiger partial charge >= 0.3 is 0 Å². The molecular weight excluding hydrogens is 345 g/mol. The van der Waals surface area contributed by atoms with Crippen LogP contribution >= 0.6 is 0 Å². The first-order valence-corrected chi connectivity index (χ1v) is 8.93. The molecule has 1 amide bonds. The highest BCUT2D eigenvalue weighted by molar-refractivity contribution is 7.90. The fraction of sp³-hybridized carbons (Fsp3) is 0.176. The smallest absolute Gasteiger partial charge is 0.285 e. The summed E-state index contributed by atoms with van der Waals surface area (Å²) in [6, 6.07) is 10.6. The Morgan fingerprint density at radius 3 is 2.72 bits per heavy atom. The van der Waals surface area contributed by atoms with Gasteiger partial charge in [0.2, 0.25) is 5.91 Å². The summed E-state index contributed by atoms with van der Waals surface area (Å²) in [7, 11) is -2.16. The average Bonchev–Trinajstić information content (AvgIpc) is 2.83. The molecule has 130 valence electrons. The Hall–Kier alpha value is -2.74. The van der Waals surface area contributed by atoms with Gasteiger partial charge in [-0.2, -0.15) is 8.42 Å². The van der Waals surface area contributed by atoms with E-state index in [4.69, 9.17) is 0 Å². The summed E-state index contributed by atoms with van der Waals surface area (Å²) in [5.74, 6) is -0.642. The molecule has 0 spiro atoms. The Labute approximate surface area is 145 Å². The van der Waals surface area contributed by atoms with Crippen molar-refractivity contribution in [3.05, 3.63) is 59.4 Å². The number of sulfonamides is 1. The number of likely N-dealkylation sites (N-methyl/N-ethyl adjacent to an activating group) is 1. The van der Waals surface area contributed by atoms with Gasteiger partial charge < -0.3 is 10.2 Å². The van der Waals surface area contributed by atoms with Crippen molar-refractivity contribution in [1.82, 2.24) is 4.90 Å². The molecule has 0 saturated carbocycles. The molecule has 1 heterocycles. The molecule has 1 N–H and O–H groups in total. The number of nitrogens with zero attached hydrogens (tertiary/aromatic N) is 2. The molecule has 3 rings (SSSR count). The van der Waals surface area contributed by atoms with Crippen LogP contribution in [0.25, 0.3) is 0 Å². The Bertz CT molecular complexity index is 986. The second-order valence-corrected chi connectivity index (χ2v) is 7.32. The third-order valence-corrected chi connectivity index (χ3v) is 5.15. The molecule has 0 aromatic heterocycles. The largest absolute Gasteiger partial charge is 0.349 e. The molecule has 2 aromatic rings. The molecular formula is C17H16FN3O3S. The van der Waals surface area contributed by atoms with Crippen molar-refractivity contribution in [1.29, 1.82) is 0 Å². The number of carbonyl (C=O) groups excluding carboxylic acids is 1. The molecule has 0 aliphatic carbocycles. The first-order valence-electron chi connectivity index (χ1n) is 7.49. The SMILES string of the molecule is Cc1ccc(F)cc1NC(=O)CN(C)C1=NS(=O)(=O)c2ccccc21. The predicted molar refractivity (Wildman–Crippen MR) is 92.6 cm³/mol. The van der Waals surface area contributed by atoms with Gasteiger partial charge in [0.1, 0.15) is 10.7 Å². The lowest BCUT2D eigenvalue weighted by molar-refractivity contribution is -0.116. The minimum absolute atomic E-state index is 0.123. The maximum atomic E-state index is 13.3. The quantitative estimate of drug-likeness (QED) is 0.909. The lowest BCUT2D eigenvalue weighted by Crippen LogP contribution is -2.35. The molecule has 2 aromatic carbocycles. The molecule has 1 aliphatic rings. The number of carbonyl (C=O) groups is 1. The van der Waals surface area contributed by atoms with Crippen LogP contribution in [0.4, 0.5) is 10.1 Å². The van der Waals surface area contributed by atoms with Gasteiger partial charge in [0.15, 0.2) is 5.84 Å². The number of anilines is 1. The Balaban J connectivity index is 1.78. The maximum absolute atomic E-state index is 13.3. The van der Waals surface area contributed by atoms with E-state index >= 15 is 0 Å². The van der Waals surface area contributed by atoms with E-state index < -0.39 is 21.7 Å². The monoisotopic (exact) mass is 361 g/mol. The number of hydrogen-bond acceptors (Lipinski definition) is 4. The van der Waals surface area contributed by atoms with Crippen LogP contribution in [0.3, 0.4) is 0 Å². The number of halogens is 1.